The molecular weight excluding hydrogens is 829 g/mol. The summed E-state index contributed by atoms with van der Waals surface area (Å²) in [6.45, 7) is 6.65. The van der Waals surface area contributed by atoms with Crippen molar-refractivity contribution in [1.82, 2.24) is 0 Å². The molecule has 0 radical (unpaired) electrons. The number of rotatable bonds is 54. The van der Waals surface area contributed by atoms with Gasteiger partial charge in [-0.25, -0.2) is 0 Å². The van der Waals surface area contributed by atoms with Crippen LogP contribution < -0.4 is 0 Å². The lowest BCUT2D eigenvalue weighted by Gasteiger charge is -2.18. The topological polar surface area (TPSA) is 78.9 Å². The standard InChI is InChI=1S/C61H112O6/c1-4-7-10-13-16-19-22-25-28-31-34-36-39-42-45-48-51-54-60(63)66-57-58(67-61(64)55-52-49-46-43-40-37-33-30-27-24-21-18-15-12-9-6-3)56-65-59(62)53-50-47-44-41-38-35-32-29-26-23-20-17-14-11-8-5-2/h21,24,29-30,32-33,58H,4-20,22-23,25-28,31,34-57H2,1-3H3/b24-21-,32-29-,33-30-. The zero-order valence-electron chi connectivity index (χ0n) is 44.9. The number of hydrogen-bond acceptors (Lipinski definition) is 6. The Kier molecular flexibility index (Phi) is 54.2. The highest BCUT2D eigenvalue weighted by Gasteiger charge is 2.19. The minimum absolute atomic E-state index is 0.0768. The summed E-state index contributed by atoms with van der Waals surface area (Å²) in [5.41, 5.74) is 0. The van der Waals surface area contributed by atoms with Crippen LogP contribution in [0, 0.1) is 0 Å². The van der Waals surface area contributed by atoms with Crippen molar-refractivity contribution in [2.75, 3.05) is 13.2 Å². The lowest BCUT2D eigenvalue weighted by atomic mass is 10.0. The fourth-order valence-electron chi connectivity index (χ4n) is 8.65. The Morgan fingerprint density at radius 3 is 0.851 bits per heavy atom. The average molecular weight is 942 g/mol. The summed E-state index contributed by atoms with van der Waals surface area (Å²) < 4.78 is 16.9. The van der Waals surface area contributed by atoms with Crippen LogP contribution >= 0.6 is 0 Å². The molecule has 0 aromatic rings. The van der Waals surface area contributed by atoms with Gasteiger partial charge in [0.15, 0.2) is 6.10 Å². The van der Waals surface area contributed by atoms with Crippen molar-refractivity contribution in [1.29, 1.82) is 0 Å². The average Bonchev–Trinajstić information content (AvgIpc) is 3.33. The molecule has 0 aromatic heterocycles. The molecule has 0 amide bonds. The summed E-state index contributed by atoms with van der Waals surface area (Å²) in [6, 6.07) is 0. The third-order valence-electron chi connectivity index (χ3n) is 13.1. The van der Waals surface area contributed by atoms with E-state index in [1.807, 2.05) is 0 Å². The van der Waals surface area contributed by atoms with Crippen molar-refractivity contribution >= 4 is 17.9 Å². The van der Waals surface area contributed by atoms with Crippen LogP contribution in [0.3, 0.4) is 0 Å². The molecular formula is C61H112O6. The van der Waals surface area contributed by atoms with E-state index in [2.05, 4.69) is 57.2 Å². The van der Waals surface area contributed by atoms with Crippen LogP contribution in [0.15, 0.2) is 36.5 Å². The zero-order chi connectivity index (χ0) is 48.6. The summed E-state index contributed by atoms with van der Waals surface area (Å²) >= 11 is 0. The number of unbranched alkanes of at least 4 members (excludes halogenated alkanes) is 37. The van der Waals surface area contributed by atoms with Gasteiger partial charge in [0.2, 0.25) is 0 Å². The molecule has 0 N–H and O–H groups in total. The van der Waals surface area contributed by atoms with Crippen LogP contribution in [0.2, 0.25) is 0 Å². The van der Waals surface area contributed by atoms with Crippen molar-refractivity contribution < 1.29 is 28.6 Å². The van der Waals surface area contributed by atoms with Crippen molar-refractivity contribution in [3.8, 4) is 0 Å². The zero-order valence-corrected chi connectivity index (χ0v) is 44.9. The minimum atomic E-state index is -0.780. The monoisotopic (exact) mass is 941 g/mol. The highest BCUT2D eigenvalue weighted by Crippen LogP contribution is 2.16. The van der Waals surface area contributed by atoms with Gasteiger partial charge in [-0.15, -0.1) is 0 Å². The maximum atomic E-state index is 12.9. The number of ether oxygens (including phenoxy) is 3. The molecule has 67 heavy (non-hydrogen) atoms. The van der Waals surface area contributed by atoms with Gasteiger partial charge >= 0.3 is 17.9 Å². The van der Waals surface area contributed by atoms with E-state index in [-0.39, 0.29) is 31.1 Å². The smallest absolute Gasteiger partial charge is 0.306 e. The number of allylic oxidation sites excluding steroid dienone is 6. The van der Waals surface area contributed by atoms with E-state index in [9.17, 15) is 14.4 Å². The number of carbonyl (C=O) groups is 3. The largest absolute Gasteiger partial charge is 0.462 e. The molecule has 0 spiro atoms. The number of hydrogen-bond donors (Lipinski definition) is 0. The quantitative estimate of drug-likeness (QED) is 0.0262. The van der Waals surface area contributed by atoms with Crippen LogP contribution in [-0.2, 0) is 28.6 Å². The Bertz CT molecular complexity index is 1130. The van der Waals surface area contributed by atoms with E-state index in [0.717, 1.165) is 89.9 Å². The Labute approximate surface area is 416 Å². The van der Waals surface area contributed by atoms with Crippen LogP contribution in [-0.4, -0.2) is 37.2 Å². The van der Waals surface area contributed by atoms with E-state index in [1.165, 1.54) is 186 Å². The maximum Gasteiger partial charge on any atom is 0.306 e. The molecule has 1 unspecified atom stereocenters. The molecule has 0 aromatic carbocycles. The first kappa shape index (κ1) is 64.6. The minimum Gasteiger partial charge on any atom is -0.462 e. The van der Waals surface area contributed by atoms with Crippen LogP contribution in [0.1, 0.15) is 316 Å². The first-order valence-corrected chi connectivity index (χ1v) is 29.5. The second-order valence-corrected chi connectivity index (χ2v) is 19.9. The van der Waals surface area contributed by atoms with Gasteiger partial charge in [0.05, 0.1) is 0 Å². The van der Waals surface area contributed by atoms with Gasteiger partial charge < -0.3 is 14.2 Å². The van der Waals surface area contributed by atoms with E-state index in [1.54, 1.807) is 0 Å². The van der Waals surface area contributed by atoms with Gasteiger partial charge in [0.1, 0.15) is 13.2 Å². The Morgan fingerprint density at radius 2 is 0.537 bits per heavy atom. The van der Waals surface area contributed by atoms with Gasteiger partial charge in [-0.05, 0) is 77.0 Å². The van der Waals surface area contributed by atoms with Crippen LogP contribution in [0.5, 0.6) is 0 Å². The molecule has 0 rings (SSSR count). The maximum absolute atomic E-state index is 12.9. The van der Waals surface area contributed by atoms with E-state index in [0.29, 0.717) is 19.3 Å². The lowest BCUT2D eigenvalue weighted by Crippen LogP contribution is -2.30. The highest BCUT2D eigenvalue weighted by molar-refractivity contribution is 5.71. The molecule has 0 heterocycles. The first-order chi connectivity index (χ1) is 33.0. The third-order valence-corrected chi connectivity index (χ3v) is 13.1. The van der Waals surface area contributed by atoms with E-state index < -0.39 is 6.10 Å². The molecule has 0 bridgehead atoms. The van der Waals surface area contributed by atoms with Crippen molar-refractivity contribution in [2.24, 2.45) is 0 Å². The summed E-state index contributed by atoms with van der Waals surface area (Å²) in [4.78, 5) is 38.2. The SMILES string of the molecule is CCCCCC/C=C\C/C=C\CCCCCCCC(=O)OC(COC(=O)CCCCCCC/C=C\CCCCCCCCC)COC(=O)CCCCCCCCCCCCCCCCCCC. The molecule has 6 heteroatoms. The second-order valence-electron chi connectivity index (χ2n) is 19.9. The molecule has 0 fully saturated rings. The van der Waals surface area contributed by atoms with Crippen molar-refractivity contribution in [3.05, 3.63) is 36.5 Å². The molecule has 0 saturated heterocycles. The number of esters is 3. The second kappa shape index (κ2) is 56.2. The Hall–Kier alpha value is -2.37. The molecule has 6 nitrogen and oxygen atoms in total. The van der Waals surface area contributed by atoms with Gasteiger partial charge in [-0.3, -0.25) is 14.4 Å². The molecule has 0 saturated carbocycles. The summed E-state index contributed by atoms with van der Waals surface area (Å²) in [5, 5.41) is 0. The predicted molar refractivity (Wildman–Crippen MR) is 289 cm³/mol. The summed E-state index contributed by atoms with van der Waals surface area (Å²) in [7, 11) is 0. The molecule has 0 aliphatic heterocycles. The highest BCUT2D eigenvalue weighted by atomic mass is 16.6. The van der Waals surface area contributed by atoms with Gasteiger partial charge in [0.25, 0.3) is 0 Å². The predicted octanol–water partition coefficient (Wildman–Crippen LogP) is 19.7. The molecule has 392 valence electrons. The van der Waals surface area contributed by atoms with Crippen LogP contribution in [0.25, 0.3) is 0 Å². The molecule has 1 atom stereocenters. The van der Waals surface area contributed by atoms with E-state index in [4.69, 9.17) is 14.2 Å². The number of carbonyl (C=O) groups excluding carboxylic acids is 3. The fourth-order valence-corrected chi connectivity index (χ4v) is 8.65. The summed E-state index contributed by atoms with van der Waals surface area (Å²) in [6.07, 6.45) is 67.0. The van der Waals surface area contributed by atoms with Gasteiger partial charge in [-0.2, -0.15) is 0 Å². The Balaban J connectivity index is 4.37. The van der Waals surface area contributed by atoms with Gasteiger partial charge in [0, 0.05) is 19.3 Å². The third kappa shape index (κ3) is 54.4. The Morgan fingerprint density at radius 1 is 0.299 bits per heavy atom. The van der Waals surface area contributed by atoms with Crippen molar-refractivity contribution in [3.63, 3.8) is 0 Å². The summed E-state index contributed by atoms with van der Waals surface area (Å²) in [5.74, 6) is -0.881. The van der Waals surface area contributed by atoms with E-state index >= 15 is 0 Å². The lowest BCUT2D eigenvalue weighted by molar-refractivity contribution is -0.167. The fraction of sp³-hybridized carbons (Fsp3) is 0.852. The first-order valence-electron chi connectivity index (χ1n) is 29.5. The van der Waals surface area contributed by atoms with Crippen molar-refractivity contribution in [2.45, 2.75) is 322 Å². The van der Waals surface area contributed by atoms with Gasteiger partial charge in [-0.1, -0.05) is 256 Å². The normalized spacial score (nSPS) is 12.2. The molecule has 0 aliphatic rings. The molecule has 0 aliphatic carbocycles. The van der Waals surface area contributed by atoms with Crippen LogP contribution in [0.4, 0.5) is 0 Å².